The first kappa shape index (κ1) is 19.8. The van der Waals surface area contributed by atoms with Crippen LogP contribution >= 0.6 is 0 Å². The van der Waals surface area contributed by atoms with Crippen LogP contribution in [0.15, 0.2) is 42.5 Å². The van der Waals surface area contributed by atoms with Crippen molar-refractivity contribution in [1.82, 2.24) is 0 Å². The van der Waals surface area contributed by atoms with Crippen LogP contribution < -0.4 is 14.8 Å². The molecule has 2 aromatic rings. The Morgan fingerprint density at radius 1 is 1.18 bits per heavy atom. The van der Waals surface area contributed by atoms with Crippen molar-refractivity contribution >= 4 is 11.8 Å². The summed E-state index contributed by atoms with van der Waals surface area (Å²) in [5.41, 5.74) is 1.14. The Morgan fingerprint density at radius 3 is 2.64 bits per heavy atom. The van der Waals surface area contributed by atoms with Gasteiger partial charge in [-0.1, -0.05) is 12.1 Å². The first-order chi connectivity index (χ1) is 13.6. The van der Waals surface area contributed by atoms with Crippen molar-refractivity contribution in [1.29, 1.82) is 0 Å². The van der Waals surface area contributed by atoms with Gasteiger partial charge < -0.3 is 29.2 Å². The van der Waals surface area contributed by atoms with Crippen molar-refractivity contribution in [2.75, 3.05) is 25.3 Å². The monoisotopic (exact) mass is 389 g/mol. The molecule has 0 saturated heterocycles. The summed E-state index contributed by atoms with van der Waals surface area (Å²) in [5, 5.41) is 21.5. The van der Waals surface area contributed by atoms with E-state index in [-0.39, 0.29) is 25.6 Å². The van der Waals surface area contributed by atoms with E-state index < -0.39 is 18.3 Å². The van der Waals surface area contributed by atoms with Gasteiger partial charge in [-0.3, -0.25) is 5.32 Å². The van der Waals surface area contributed by atoms with Crippen molar-refractivity contribution in [3.8, 4) is 17.2 Å². The summed E-state index contributed by atoms with van der Waals surface area (Å²) in [7, 11) is 0. The molecule has 3 rings (SSSR count). The highest BCUT2D eigenvalue weighted by Gasteiger charge is 2.28. The number of phenolic OH excluding ortho intramolecular Hbond substituents is 1. The Morgan fingerprint density at radius 2 is 1.93 bits per heavy atom. The Bertz CT molecular complexity index is 788. The summed E-state index contributed by atoms with van der Waals surface area (Å²) in [6.45, 7) is 2.24. The molecule has 0 aliphatic carbocycles. The Balaban J connectivity index is 1.75. The largest absolute Gasteiger partial charge is 0.508 e. The van der Waals surface area contributed by atoms with Gasteiger partial charge in [0.25, 0.3) is 0 Å². The molecule has 2 aromatic carbocycles. The van der Waals surface area contributed by atoms with Gasteiger partial charge in [-0.2, -0.15) is 0 Å². The van der Waals surface area contributed by atoms with Crippen LogP contribution in [0.5, 0.6) is 17.2 Å². The highest BCUT2D eigenvalue weighted by atomic mass is 16.7. The number of aliphatic hydroxyl groups is 1. The third-order valence-electron chi connectivity index (χ3n) is 4.21. The number of nitrogens with one attached hydrogen (secondary N) is 1. The lowest BCUT2D eigenvalue weighted by Gasteiger charge is -2.27. The average molecular weight is 389 g/mol. The normalized spacial score (nSPS) is 14.4. The molecule has 0 bridgehead atoms. The number of aromatic hydroxyl groups is 1. The molecule has 0 radical (unpaired) electrons. The van der Waals surface area contributed by atoms with Crippen LogP contribution in [-0.2, 0) is 9.47 Å². The third kappa shape index (κ3) is 4.85. The van der Waals surface area contributed by atoms with Gasteiger partial charge >= 0.3 is 6.09 Å². The fourth-order valence-electron chi connectivity index (χ4n) is 2.92. The molecule has 28 heavy (non-hydrogen) atoms. The van der Waals surface area contributed by atoms with Gasteiger partial charge in [0, 0.05) is 31.4 Å². The fourth-order valence-corrected chi connectivity index (χ4v) is 2.92. The van der Waals surface area contributed by atoms with Gasteiger partial charge in [-0.05, 0) is 36.8 Å². The van der Waals surface area contributed by atoms with E-state index in [1.54, 1.807) is 30.3 Å². The summed E-state index contributed by atoms with van der Waals surface area (Å²) in [5.74, 6) is 1.25. The number of benzene rings is 2. The van der Waals surface area contributed by atoms with E-state index in [0.717, 1.165) is 0 Å². The molecular weight excluding hydrogens is 366 g/mol. The van der Waals surface area contributed by atoms with Crippen molar-refractivity contribution in [2.24, 2.45) is 0 Å². The number of phenols is 1. The molecule has 1 heterocycles. The van der Waals surface area contributed by atoms with Crippen molar-refractivity contribution in [3.05, 3.63) is 48.0 Å². The van der Waals surface area contributed by atoms with Crippen LogP contribution in [-0.4, -0.2) is 42.4 Å². The molecule has 0 fully saturated rings. The van der Waals surface area contributed by atoms with Crippen molar-refractivity contribution in [3.63, 3.8) is 0 Å². The topological polar surface area (TPSA) is 106 Å². The Hall–Kier alpha value is -2.97. The number of rotatable bonds is 8. The molecule has 0 unspecified atom stereocenters. The maximum Gasteiger partial charge on any atom is 0.412 e. The molecule has 150 valence electrons. The zero-order chi connectivity index (χ0) is 19.9. The summed E-state index contributed by atoms with van der Waals surface area (Å²) < 4.78 is 21.9. The van der Waals surface area contributed by atoms with E-state index in [2.05, 4.69) is 5.32 Å². The standard InChI is InChI=1S/C20H23NO7/c1-2-25-17(9-10-22)19(13-3-6-15(23)7-4-13)28-20(24)21-14-5-8-16-18(11-14)27-12-26-16/h3-8,11,17,19,22-23H,2,9-10,12H2,1H3,(H,21,24)/t17-,19-/m1/s1. The number of aliphatic hydroxyl groups excluding tert-OH is 1. The van der Waals surface area contributed by atoms with E-state index in [1.807, 2.05) is 6.92 Å². The SMILES string of the molecule is CCO[C@H](CCO)[C@H](OC(=O)Nc1ccc2c(c1)OCO2)c1ccc(O)cc1. The predicted molar refractivity (Wildman–Crippen MR) is 101 cm³/mol. The number of amides is 1. The van der Waals surface area contributed by atoms with Gasteiger partial charge in [-0.15, -0.1) is 0 Å². The van der Waals surface area contributed by atoms with E-state index in [1.165, 1.54) is 12.1 Å². The molecule has 3 N–H and O–H groups in total. The van der Waals surface area contributed by atoms with Gasteiger partial charge in [0.05, 0.1) is 0 Å². The average Bonchev–Trinajstić information content (AvgIpc) is 3.15. The van der Waals surface area contributed by atoms with Crippen molar-refractivity contribution in [2.45, 2.75) is 25.6 Å². The zero-order valence-corrected chi connectivity index (χ0v) is 15.5. The van der Waals surface area contributed by atoms with Crippen LogP contribution in [0.1, 0.15) is 25.0 Å². The molecule has 8 heteroatoms. The van der Waals surface area contributed by atoms with Gasteiger partial charge in [0.1, 0.15) is 11.9 Å². The molecule has 8 nitrogen and oxygen atoms in total. The number of hydrogen-bond donors (Lipinski definition) is 3. The maximum absolute atomic E-state index is 12.5. The van der Waals surface area contributed by atoms with Gasteiger partial charge in [0.2, 0.25) is 6.79 Å². The van der Waals surface area contributed by atoms with Crippen LogP contribution in [0, 0.1) is 0 Å². The summed E-state index contributed by atoms with van der Waals surface area (Å²) in [6, 6.07) is 11.3. The molecule has 2 atom stereocenters. The minimum Gasteiger partial charge on any atom is -0.508 e. The molecule has 1 aliphatic rings. The van der Waals surface area contributed by atoms with E-state index in [9.17, 15) is 15.0 Å². The molecular formula is C20H23NO7. The van der Waals surface area contributed by atoms with Crippen LogP contribution in [0.4, 0.5) is 10.5 Å². The maximum atomic E-state index is 12.5. The second kappa shape index (κ2) is 9.29. The Labute approximate surface area is 162 Å². The summed E-state index contributed by atoms with van der Waals surface area (Å²) in [6.07, 6.45) is -1.69. The number of hydrogen-bond acceptors (Lipinski definition) is 7. The predicted octanol–water partition coefficient (Wildman–Crippen LogP) is 3.20. The number of carbonyl (C=O) groups is 1. The summed E-state index contributed by atoms with van der Waals surface area (Å²) >= 11 is 0. The summed E-state index contributed by atoms with van der Waals surface area (Å²) in [4.78, 5) is 12.5. The van der Waals surface area contributed by atoms with Gasteiger partial charge in [0.15, 0.2) is 17.6 Å². The van der Waals surface area contributed by atoms with Crippen molar-refractivity contribution < 1.29 is 34.0 Å². The first-order valence-electron chi connectivity index (χ1n) is 8.99. The number of ether oxygens (including phenoxy) is 4. The number of fused-ring (bicyclic) bond motifs is 1. The first-order valence-corrected chi connectivity index (χ1v) is 8.99. The van der Waals surface area contributed by atoms with E-state index in [4.69, 9.17) is 18.9 Å². The Kier molecular flexibility index (Phi) is 6.57. The lowest BCUT2D eigenvalue weighted by Crippen LogP contribution is -2.29. The van der Waals surface area contributed by atoms with E-state index >= 15 is 0 Å². The third-order valence-corrected chi connectivity index (χ3v) is 4.21. The molecule has 0 saturated carbocycles. The zero-order valence-electron chi connectivity index (χ0n) is 15.5. The van der Waals surface area contributed by atoms with Crippen LogP contribution in [0.3, 0.4) is 0 Å². The highest BCUT2D eigenvalue weighted by molar-refractivity contribution is 5.85. The van der Waals surface area contributed by atoms with Crippen LogP contribution in [0.2, 0.25) is 0 Å². The number of anilines is 1. The minimum absolute atomic E-state index is 0.0995. The second-order valence-electron chi connectivity index (χ2n) is 6.12. The lowest BCUT2D eigenvalue weighted by molar-refractivity contribution is -0.0484. The highest BCUT2D eigenvalue weighted by Crippen LogP contribution is 2.34. The number of carbonyl (C=O) groups excluding carboxylic acids is 1. The smallest absolute Gasteiger partial charge is 0.412 e. The minimum atomic E-state index is -0.762. The van der Waals surface area contributed by atoms with Crippen LogP contribution in [0.25, 0.3) is 0 Å². The molecule has 0 aromatic heterocycles. The van der Waals surface area contributed by atoms with E-state index in [0.29, 0.717) is 29.4 Å². The fraction of sp³-hybridized carbons (Fsp3) is 0.350. The molecule has 0 spiro atoms. The molecule has 1 aliphatic heterocycles. The lowest BCUT2D eigenvalue weighted by atomic mass is 10.0. The quantitative estimate of drug-likeness (QED) is 0.636. The van der Waals surface area contributed by atoms with Gasteiger partial charge in [-0.25, -0.2) is 4.79 Å². The second-order valence-corrected chi connectivity index (χ2v) is 6.12. The molecule has 1 amide bonds.